The Morgan fingerprint density at radius 3 is 3.05 bits per heavy atom. The molecule has 2 aliphatic heterocycles. The maximum absolute atomic E-state index is 12.2. The molecule has 1 atom stereocenters. The summed E-state index contributed by atoms with van der Waals surface area (Å²) in [5, 5.41) is 0. The van der Waals surface area contributed by atoms with Crippen molar-refractivity contribution in [2.45, 2.75) is 38.4 Å². The molecule has 0 saturated carbocycles. The van der Waals surface area contributed by atoms with E-state index in [1.54, 1.807) is 11.8 Å². The van der Waals surface area contributed by atoms with E-state index in [9.17, 15) is 4.79 Å². The van der Waals surface area contributed by atoms with Crippen molar-refractivity contribution >= 4 is 5.91 Å². The molecule has 1 aromatic rings. The summed E-state index contributed by atoms with van der Waals surface area (Å²) in [5.41, 5.74) is 0.412. The number of likely N-dealkylation sites (tertiary alicyclic amines) is 1. The second kappa shape index (κ2) is 5.18. The summed E-state index contributed by atoms with van der Waals surface area (Å²) in [4.78, 5) is 18.0. The molecule has 1 spiro atoms. The highest BCUT2D eigenvalue weighted by Gasteiger charge is 2.50. The fraction of sp³-hybridized carbons (Fsp3) is 0.714. The SMILES string of the molecule is CCO[C@@H]1CCOC2(C1)CN(C(=O)c1ocnc1C)C2. The average Bonchev–Trinajstić information content (AvgIpc) is 2.82. The van der Waals surface area contributed by atoms with Crippen LogP contribution in [0.2, 0.25) is 0 Å². The highest BCUT2D eigenvalue weighted by Crippen LogP contribution is 2.36. The van der Waals surface area contributed by atoms with E-state index in [0.717, 1.165) is 19.4 Å². The Labute approximate surface area is 118 Å². The lowest BCUT2D eigenvalue weighted by Crippen LogP contribution is -2.67. The van der Waals surface area contributed by atoms with Gasteiger partial charge in [-0.3, -0.25) is 4.79 Å². The van der Waals surface area contributed by atoms with Crippen LogP contribution < -0.4 is 0 Å². The minimum Gasteiger partial charge on any atom is -0.438 e. The van der Waals surface area contributed by atoms with E-state index in [0.29, 0.717) is 31.2 Å². The fourth-order valence-corrected chi connectivity index (χ4v) is 3.02. The first-order valence-electron chi connectivity index (χ1n) is 7.08. The van der Waals surface area contributed by atoms with E-state index in [4.69, 9.17) is 13.9 Å². The molecule has 0 unspecified atom stereocenters. The molecule has 0 radical (unpaired) electrons. The lowest BCUT2D eigenvalue weighted by Gasteiger charge is -2.52. The molecule has 2 fully saturated rings. The van der Waals surface area contributed by atoms with Gasteiger partial charge in [0.2, 0.25) is 5.76 Å². The van der Waals surface area contributed by atoms with E-state index in [1.807, 2.05) is 6.92 Å². The van der Waals surface area contributed by atoms with Crippen LogP contribution in [0, 0.1) is 6.92 Å². The molecule has 2 aliphatic rings. The summed E-state index contributed by atoms with van der Waals surface area (Å²) >= 11 is 0. The zero-order valence-corrected chi connectivity index (χ0v) is 11.9. The zero-order chi connectivity index (χ0) is 14.2. The summed E-state index contributed by atoms with van der Waals surface area (Å²) in [6.45, 7) is 6.42. The van der Waals surface area contributed by atoms with Crippen LogP contribution in [0.3, 0.4) is 0 Å². The molecule has 20 heavy (non-hydrogen) atoms. The van der Waals surface area contributed by atoms with Crippen LogP contribution >= 0.6 is 0 Å². The second-order valence-electron chi connectivity index (χ2n) is 5.53. The molecule has 0 aliphatic carbocycles. The van der Waals surface area contributed by atoms with Gasteiger partial charge in [0.05, 0.1) is 24.9 Å². The van der Waals surface area contributed by atoms with Crippen molar-refractivity contribution in [3.63, 3.8) is 0 Å². The molecular formula is C14H20N2O4. The van der Waals surface area contributed by atoms with Crippen LogP contribution in [0.5, 0.6) is 0 Å². The highest BCUT2D eigenvalue weighted by molar-refractivity contribution is 5.93. The maximum Gasteiger partial charge on any atom is 0.291 e. The molecule has 3 rings (SSSR count). The van der Waals surface area contributed by atoms with E-state index >= 15 is 0 Å². The number of hydrogen-bond donors (Lipinski definition) is 0. The molecule has 2 saturated heterocycles. The van der Waals surface area contributed by atoms with Crippen molar-refractivity contribution in [1.29, 1.82) is 0 Å². The number of carbonyl (C=O) groups is 1. The first-order valence-corrected chi connectivity index (χ1v) is 7.08. The van der Waals surface area contributed by atoms with Crippen molar-refractivity contribution in [3.05, 3.63) is 17.8 Å². The Kier molecular flexibility index (Phi) is 3.52. The zero-order valence-electron chi connectivity index (χ0n) is 11.9. The van der Waals surface area contributed by atoms with E-state index in [1.165, 1.54) is 6.39 Å². The number of amides is 1. The van der Waals surface area contributed by atoms with Crippen molar-refractivity contribution in [2.24, 2.45) is 0 Å². The van der Waals surface area contributed by atoms with Crippen LogP contribution in [0.25, 0.3) is 0 Å². The summed E-state index contributed by atoms with van der Waals surface area (Å²) in [5.74, 6) is 0.227. The van der Waals surface area contributed by atoms with E-state index in [-0.39, 0.29) is 17.6 Å². The summed E-state index contributed by atoms with van der Waals surface area (Å²) in [7, 11) is 0. The first-order chi connectivity index (χ1) is 9.63. The van der Waals surface area contributed by atoms with Gasteiger partial charge in [-0.25, -0.2) is 4.98 Å². The number of nitrogens with zero attached hydrogens (tertiary/aromatic N) is 2. The largest absolute Gasteiger partial charge is 0.438 e. The number of oxazole rings is 1. The maximum atomic E-state index is 12.2. The third-order valence-electron chi connectivity index (χ3n) is 4.04. The number of carbonyl (C=O) groups excluding carboxylic acids is 1. The van der Waals surface area contributed by atoms with Crippen molar-refractivity contribution in [1.82, 2.24) is 9.88 Å². The third kappa shape index (κ3) is 2.33. The molecule has 0 N–H and O–H groups in total. The molecule has 1 amide bonds. The highest BCUT2D eigenvalue weighted by atomic mass is 16.5. The number of aromatic nitrogens is 1. The Morgan fingerprint density at radius 2 is 2.40 bits per heavy atom. The van der Waals surface area contributed by atoms with Crippen LogP contribution in [-0.4, -0.2) is 53.8 Å². The van der Waals surface area contributed by atoms with Gasteiger partial charge in [-0.2, -0.15) is 0 Å². The average molecular weight is 280 g/mol. The Morgan fingerprint density at radius 1 is 1.60 bits per heavy atom. The number of rotatable bonds is 3. The lowest BCUT2D eigenvalue weighted by atomic mass is 9.84. The van der Waals surface area contributed by atoms with Gasteiger partial charge in [0, 0.05) is 19.6 Å². The molecule has 110 valence electrons. The van der Waals surface area contributed by atoms with Crippen LogP contribution in [0.4, 0.5) is 0 Å². The van der Waals surface area contributed by atoms with Crippen LogP contribution in [-0.2, 0) is 9.47 Å². The summed E-state index contributed by atoms with van der Waals surface area (Å²) < 4.78 is 16.7. The smallest absolute Gasteiger partial charge is 0.291 e. The number of hydrogen-bond acceptors (Lipinski definition) is 5. The molecule has 0 bridgehead atoms. The first kappa shape index (κ1) is 13.6. The van der Waals surface area contributed by atoms with Crippen LogP contribution in [0.1, 0.15) is 36.0 Å². The Hall–Kier alpha value is -1.40. The molecule has 6 heteroatoms. The topological polar surface area (TPSA) is 64.8 Å². The van der Waals surface area contributed by atoms with E-state index in [2.05, 4.69) is 4.98 Å². The molecule has 6 nitrogen and oxygen atoms in total. The lowest BCUT2D eigenvalue weighted by molar-refractivity contribution is -0.185. The van der Waals surface area contributed by atoms with Crippen LogP contribution in [0.15, 0.2) is 10.8 Å². The predicted molar refractivity (Wildman–Crippen MR) is 70.5 cm³/mol. The molecule has 1 aromatic heterocycles. The third-order valence-corrected chi connectivity index (χ3v) is 4.04. The van der Waals surface area contributed by atoms with Gasteiger partial charge in [0.25, 0.3) is 5.91 Å². The summed E-state index contributed by atoms with van der Waals surface area (Å²) in [6.07, 6.45) is 3.35. The monoisotopic (exact) mass is 280 g/mol. The fourth-order valence-electron chi connectivity index (χ4n) is 3.02. The second-order valence-corrected chi connectivity index (χ2v) is 5.53. The normalized spacial score (nSPS) is 24.7. The molecule has 0 aromatic carbocycles. The van der Waals surface area contributed by atoms with Gasteiger partial charge < -0.3 is 18.8 Å². The molecule has 3 heterocycles. The van der Waals surface area contributed by atoms with E-state index < -0.39 is 0 Å². The quantitative estimate of drug-likeness (QED) is 0.837. The van der Waals surface area contributed by atoms with Gasteiger partial charge in [-0.05, 0) is 20.3 Å². The van der Waals surface area contributed by atoms with Crippen molar-refractivity contribution in [2.75, 3.05) is 26.3 Å². The van der Waals surface area contributed by atoms with Gasteiger partial charge in [-0.1, -0.05) is 0 Å². The molecular weight excluding hydrogens is 260 g/mol. The predicted octanol–water partition coefficient (Wildman–Crippen LogP) is 1.39. The summed E-state index contributed by atoms with van der Waals surface area (Å²) in [6, 6.07) is 0. The minimum atomic E-state index is -0.221. The minimum absolute atomic E-state index is 0.104. The van der Waals surface area contributed by atoms with Gasteiger partial charge >= 0.3 is 0 Å². The standard InChI is InChI=1S/C14H20N2O4/c1-3-18-11-4-5-20-14(6-11)7-16(8-14)13(17)12-10(2)15-9-19-12/h9,11H,3-8H2,1-2H3/t11-/m1/s1. The van der Waals surface area contributed by atoms with Crippen molar-refractivity contribution in [3.8, 4) is 0 Å². The van der Waals surface area contributed by atoms with Gasteiger partial charge in [-0.15, -0.1) is 0 Å². The van der Waals surface area contributed by atoms with Gasteiger partial charge in [0.15, 0.2) is 6.39 Å². The van der Waals surface area contributed by atoms with Gasteiger partial charge in [0.1, 0.15) is 5.60 Å². The number of ether oxygens (including phenoxy) is 2. The Bertz CT molecular complexity index is 491. The number of aryl methyl sites for hydroxylation is 1. The van der Waals surface area contributed by atoms with Crippen molar-refractivity contribution < 1.29 is 18.7 Å². The Balaban J connectivity index is 1.60.